The molecule has 5 nitrogen and oxygen atoms in total. The molecule has 2 aromatic rings. The Morgan fingerprint density at radius 2 is 2.14 bits per heavy atom. The Morgan fingerprint density at radius 1 is 1.27 bits per heavy atom. The molecule has 3 rings (SSSR count). The number of nitrogens with one attached hydrogen (secondary N) is 1. The Labute approximate surface area is 130 Å². The highest BCUT2D eigenvalue weighted by atomic mass is 15.3. The van der Waals surface area contributed by atoms with E-state index in [9.17, 15) is 0 Å². The first-order chi connectivity index (χ1) is 10.7. The molecule has 0 spiro atoms. The van der Waals surface area contributed by atoms with Gasteiger partial charge in [-0.15, -0.1) is 5.10 Å². The van der Waals surface area contributed by atoms with Crippen LogP contribution >= 0.6 is 0 Å². The summed E-state index contributed by atoms with van der Waals surface area (Å²) in [5, 5.41) is 20.7. The van der Waals surface area contributed by atoms with Crippen LogP contribution in [0.2, 0.25) is 0 Å². The Morgan fingerprint density at radius 3 is 2.86 bits per heavy atom. The third kappa shape index (κ3) is 3.41. The Bertz CT molecular complexity index is 668. The van der Waals surface area contributed by atoms with Crippen LogP contribution in [0.3, 0.4) is 0 Å². The van der Waals surface area contributed by atoms with Crippen LogP contribution in [0.25, 0.3) is 0 Å². The largest absolute Gasteiger partial charge is 0.354 e. The Kier molecular flexibility index (Phi) is 4.31. The lowest BCUT2D eigenvalue weighted by molar-refractivity contribution is 0.381. The van der Waals surface area contributed by atoms with Crippen LogP contribution in [0, 0.1) is 24.2 Å². The fourth-order valence-corrected chi connectivity index (χ4v) is 2.62. The molecule has 0 radical (unpaired) electrons. The van der Waals surface area contributed by atoms with Gasteiger partial charge in [-0.25, -0.2) is 0 Å². The second-order valence-electron chi connectivity index (χ2n) is 5.75. The van der Waals surface area contributed by atoms with Crippen molar-refractivity contribution in [3.8, 4) is 6.07 Å². The van der Waals surface area contributed by atoms with Gasteiger partial charge in [-0.3, -0.25) is 0 Å². The van der Waals surface area contributed by atoms with Crippen molar-refractivity contribution >= 4 is 5.82 Å². The molecule has 1 fully saturated rings. The van der Waals surface area contributed by atoms with Gasteiger partial charge in [0.1, 0.15) is 0 Å². The first-order valence-electron chi connectivity index (χ1n) is 7.49. The van der Waals surface area contributed by atoms with Crippen molar-refractivity contribution in [1.29, 1.82) is 5.26 Å². The summed E-state index contributed by atoms with van der Waals surface area (Å²) in [5.74, 6) is 1.60. The number of anilines is 1. The van der Waals surface area contributed by atoms with Gasteiger partial charge < -0.3 is 10.2 Å². The molecular formula is C17H19N5. The lowest BCUT2D eigenvalue weighted by atomic mass is 10.00. The van der Waals surface area contributed by atoms with E-state index < -0.39 is 0 Å². The highest BCUT2D eigenvalue weighted by molar-refractivity contribution is 5.40. The normalized spacial score (nSPS) is 14.5. The fourth-order valence-electron chi connectivity index (χ4n) is 2.62. The van der Waals surface area contributed by atoms with Crippen LogP contribution in [-0.4, -0.2) is 29.8 Å². The minimum absolute atomic E-state index is 0.641. The van der Waals surface area contributed by atoms with E-state index in [4.69, 9.17) is 5.26 Å². The van der Waals surface area contributed by atoms with Gasteiger partial charge in [-0.1, -0.05) is 12.1 Å². The van der Waals surface area contributed by atoms with E-state index in [1.54, 1.807) is 0 Å². The number of aryl methyl sites for hydroxylation is 1. The van der Waals surface area contributed by atoms with Crippen LogP contribution in [-0.2, 0) is 6.54 Å². The maximum absolute atomic E-state index is 8.89. The quantitative estimate of drug-likeness (QED) is 0.912. The van der Waals surface area contributed by atoms with Crippen molar-refractivity contribution < 1.29 is 0 Å². The molecule has 22 heavy (non-hydrogen) atoms. The van der Waals surface area contributed by atoms with Crippen LogP contribution in [0.4, 0.5) is 5.82 Å². The third-order valence-corrected chi connectivity index (χ3v) is 3.88. The van der Waals surface area contributed by atoms with Crippen LogP contribution < -0.4 is 10.2 Å². The van der Waals surface area contributed by atoms with Crippen molar-refractivity contribution in [2.45, 2.75) is 13.5 Å². The van der Waals surface area contributed by atoms with Gasteiger partial charge in [0.05, 0.1) is 17.3 Å². The fraction of sp³-hybridized carbons (Fsp3) is 0.353. The summed E-state index contributed by atoms with van der Waals surface area (Å²) in [6, 6.07) is 13.9. The van der Waals surface area contributed by atoms with Crippen molar-refractivity contribution in [3.05, 3.63) is 53.2 Å². The van der Waals surface area contributed by atoms with Gasteiger partial charge >= 0.3 is 0 Å². The van der Waals surface area contributed by atoms with Crippen molar-refractivity contribution in [2.24, 2.45) is 5.92 Å². The van der Waals surface area contributed by atoms with Crippen molar-refractivity contribution in [2.75, 3.05) is 24.5 Å². The van der Waals surface area contributed by atoms with Crippen LogP contribution in [0.5, 0.6) is 0 Å². The predicted molar refractivity (Wildman–Crippen MR) is 85.3 cm³/mol. The van der Waals surface area contributed by atoms with Crippen LogP contribution in [0.1, 0.15) is 16.8 Å². The summed E-state index contributed by atoms with van der Waals surface area (Å²) < 4.78 is 0. The number of aromatic nitrogens is 2. The van der Waals surface area contributed by atoms with E-state index in [0.717, 1.165) is 43.3 Å². The van der Waals surface area contributed by atoms with E-state index in [2.05, 4.69) is 26.5 Å². The lowest BCUT2D eigenvalue weighted by Gasteiger charge is -2.40. The lowest BCUT2D eigenvalue weighted by Crippen LogP contribution is -2.51. The van der Waals surface area contributed by atoms with E-state index in [0.29, 0.717) is 11.5 Å². The first-order valence-corrected chi connectivity index (χ1v) is 7.49. The third-order valence-electron chi connectivity index (χ3n) is 3.88. The average molecular weight is 293 g/mol. The van der Waals surface area contributed by atoms with E-state index in [1.807, 2.05) is 43.3 Å². The van der Waals surface area contributed by atoms with Crippen LogP contribution in [0.15, 0.2) is 36.4 Å². The number of rotatable bonds is 5. The number of hydrogen-bond acceptors (Lipinski definition) is 5. The highest BCUT2D eigenvalue weighted by Crippen LogP contribution is 2.21. The molecule has 1 aliphatic heterocycles. The van der Waals surface area contributed by atoms with E-state index in [-0.39, 0.29) is 0 Å². The maximum atomic E-state index is 8.89. The number of hydrogen-bond donors (Lipinski definition) is 1. The number of nitrogens with zero attached hydrogens (tertiary/aromatic N) is 4. The molecule has 0 unspecified atom stereocenters. The monoisotopic (exact) mass is 293 g/mol. The van der Waals surface area contributed by atoms with Crippen molar-refractivity contribution in [1.82, 2.24) is 15.5 Å². The van der Waals surface area contributed by atoms with Gasteiger partial charge in [0, 0.05) is 32.1 Å². The number of benzene rings is 1. The summed E-state index contributed by atoms with van der Waals surface area (Å²) in [6.45, 7) is 5.76. The molecule has 1 aromatic carbocycles. The molecule has 0 bridgehead atoms. The maximum Gasteiger partial charge on any atom is 0.151 e. The summed E-state index contributed by atoms with van der Waals surface area (Å²) in [7, 11) is 0. The molecule has 1 saturated heterocycles. The standard InChI is InChI=1S/C17H19N5/c1-13-5-6-17(21-20-13)22-11-16(12-22)10-19-9-15-4-2-3-14(7-15)8-18/h2-7,16,19H,9-12H2,1H3. The molecule has 0 atom stereocenters. The van der Waals surface area contributed by atoms with Crippen molar-refractivity contribution in [3.63, 3.8) is 0 Å². The molecule has 2 heterocycles. The molecule has 0 saturated carbocycles. The highest BCUT2D eigenvalue weighted by Gasteiger charge is 2.27. The average Bonchev–Trinajstić information content (AvgIpc) is 2.51. The summed E-state index contributed by atoms with van der Waals surface area (Å²) in [4.78, 5) is 2.25. The summed E-state index contributed by atoms with van der Waals surface area (Å²) in [6.07, 6.45) is 0. The zero-order chi connectivity index (χ0) is 15.4. The minimum Gasteiger partial charge on any atom is -0.354 e. The molecule has 1 aliphatic rings. The van der Waals surface area contributed by atoms with Gasteiger partial charge in [-0.2, -0.15) is 10.4 Å². The first kappa shape index (κ1) is 14.5. The smallest absolute Gasteiger partial charge is 0.151 e. The minimum atomic E-state index is 0.641. The Hall–Kier alpha value is -2.45. The predicted octanol–water partition coefficient (Wildman–Crippen LogP) is 1.88. The molecule has 1 N–H and O–H groups in total. The van der Waals surface area contributed by atoms with E-state index in [1.165, 1.54) is 0 Å². The number of nitriles is 1. The second-order valence-corrected chi connectivity index (χ2v) is 5.75. The SMILES string of the molecule is Cc1ccc(N2CC(CNCc3cccc(C#N)c3)C2)nn1. The Balaban J connectivity index is 1.41. The van der Waals surface area contributed by atoms with Gasteiger partial charge in [0.15, 0.2) is 5.82 Å². The zero-order valence-electron chi connectivity index (χ0n) is 12.7. The van der Waals surface area contributed by atoms with E-state index >= 15 is 0 Å². The topological polar surface area (TPSA) is 64.8 Å². The molecule has 112 valence electrons. The van der Waals surface area contributed by atoms with Gasteiger partial charge in [0.2, 0.25) is 0 Å². The summed E-state index contributed by atoms with van der Waals surface area (Å²) in [5.41, 5.74) is 2.81. The molecular weight excluding hydrogens is 274 g/mol. The molecule has 0 aliphatic carbocycles. The molecule has 0 amide bonds. The molecule has 5 heteroatoms. The molecule has 1 aromatic heterocycles. The summed E-state index contributed by atoms with van der Waals surface area (Å²) >= 11 is 0. The second kappa shape index (κ2) is 6.54. The zero-order valence-corrected chi connectivity index (χ0v) is 12.7. The van der Waals surface area contributed by atoms with Gasteiger partial charge in [-0.05, 0) is 36.8 Å². The van der Waals surface area contributed by atoms with Gasteiger partial charge in [0.25, 0.3) is 0 Å².